The molecule has 2 atom stereocenters. The SMILES string of the molecule is NC1CSC(c2ccc3c(c2)OCCO3)C1. The van der Waals surface area contributed by atoms with Gasteiger partial charge in [-0.3, -0.25) is 0 Å². The molecule has 1 aromatic carbocycles. The van der Waals surface area contributed by atoms with Gasteiger partial charge in [0, 0.05) is 17.0 Å². The van der Waals surface area contributed by atoms with Crippen LogP contribution in [0.5, 0.6) is 11.5 Å². The van der Waals surface area contributed by atoms with Gasteiger partial charge in [0.1, 0.15) is 13.2 Å². The van der Waals surface area contributed by atoms with Gasteiger partial charge in [0.2, 0.25) is 0 Å². The number of nitrogens with two attached hydrogens (primary N) is 1. The fourth-order valence-corrected chi connectivity index (χ4v) is 3.48. The maximum Gasteiger partial charge on any atom is 0.161 e. The van der Waals surface area contributed by atoms with E-state index in [1.807, 2.05) is 17.8 Å². The van der Waals surface area contributed by atoms with E-state index < -0.39 is 0 Å². The summed E-state index contributed by atoms with van der Waals surface area (Å²) in [6.45, 7) is 1.29. The lowest BCUT2D eigenvalue weighted by Crippen LogP contribution is -2.18. The Morgan fingerprint density at radius 3 is 2.75 bits per heavy atom. The standard InChI is InChI=1S/C12H15NO2S/c13-9-6-12(16-7-9)8-1-2-10-11(5-8)15-4-3-14-10/h1-2,5,9,12H,3-4,6-7,13H2. The molecule has 0 bridgehead atoms. The number of hydrogen-bond acceptors (Lipinski definition) is 4. The van der Waals surface area contributed by atoms with E-state index in [9.17, 15) is 0 Å². The van der Waals surface area contributed by atoms with Crippen LogP contribution < -0.4 is 15.2 Å². The molecule has 2 aliphatic heterocycles. The molecule has 0 saturated carbocycles. The molecule has 2 unspecified atom stereocenters. The molecule has 2 heterocycles. The van der Waals surface area contributed by atoms with E-state index in [-0.39, 0.29) is 0 Å². The van der Waals surface area contributed by atoms with E-state index in [1.54, 1.807) is 0 Å². The van der Waals surface area contributed by atoms with E-state index in [0.29, 0.717) is 24.5 Å². The second-order valence-corrected chi connectivity index (χ2v) is 5.46. The zero-order valence-electron chi connectivity index (χ0n) is 9.02. The van der Waals surface area contributed by atoms with Gasteiger partial charge in [-0.15, -0.1) is 0 Å². The zero-order chi connectivity index (χ0) is 11.0. The number of hydrogen-bond donors (Lipinski definition) is 1. The lowest BCUT2D eigenvalue weighted by Gasteiger charge is -2.20. The van der Waals surface area contributed by atoms with Gasteiger partial charge in [-0.2, -0.15) is 11.8 Å². The van der Waals surface area contributed by atoms with Crippen LogP contribution in [0.1, 0.15) is 17.2 Å². The minimum atomic E-state index is 0.336. The summed E-state index contributed by atoms with van der Waals surface area (Å²) < 4.78 is 11.1. The fraction of sp³-hybridized carbons (Fsp3) is 0.500. The summed E-state index contributed by atoms with van der Waals surface area (Å²) in [5.41, 5.74) is 7.23. The highest BCUT2D eigenvalue weighted by atomic mass is 32.2. The first-order chi connectivity index (χ1) is 7.83. The normalized spacial score (nSPS) is 28.1. The molecular formula is C12H15NO2S. The van der Waals surface area contributed by atoms with Crippen molar-refractivity contribution in [3.63, 3.8) is 0 Å². The lowest BCUT2D eigenvalue weighted by atomic mass is 10.1. The molecule has 3 rings (SSSR count). The average Bonchev–Trinajstić information content (AvgIpc) is 2.75. The monoisotopic (exact) mass is 237 g/mol. The van der Waals surface area contributed by atoms with Crippen molar-refractivity contribution in [1.82, 2.24) is 0 Å². The molecule has 86 valence electrons. The van der Waals surface area contributed by atoms with Crippen molar-refractivity contribution in [2.24, 2.45) is 5.73 Å². The Morgan fingerprint density at radius 2 is 2.00 bits per heavy atom. The van der Waals surface area contributed by atoms with Crippen molar-refractivity contribution in [2.75, 3.05) is 19.0 Å². The molecule has 0 spiro atoms. The van der Waals surface area contributed by atoms with Crippen molar-refractivity contribution in [3.8, 4) is 11.5 Å². The van der Waals surface area contributed by atoms with E-state index in [1.165, 1.54) is 5.56 Å². The minimum Gasteiger partial charge on any atom is -0.486 e. The highest BCUT2D eigenvalue weighted by molar-refractivity contribution is 7.99. The summed E-state index contributed by atoms with van der Waals surface area (Å²) >= 11 is 1.93. The third-order valence-corrected chi connectivity index (χ3v) is 4.45. The van der Waals surface area contributed by atoms with Gasteiger partial charge in [0.05, 0.1) is 0 Å². The largest absolute Gasteiger partial charge is 0.486 e. The predicted molar refractivity (Wildman–Crippen MR) is 65.2 cm³/mol. The Balaban J connectivity index is 1.85. The molecule has 3 nitrogen and oxygen atoms in total. The Kier molecular flexibility index (Phi) is 2.69. The molecule has 0 aromatic heterocycles. The zero-order valence-corrected chi connectivity index (χ0v) is 9.83. The van der Waals surface area contributed by atoms with E-state index >= 15 is 0 Å². The predicted octanol–water partition coefficient (Wildman–Crippen LogP) is 1.96. The first-order valence-corrected chi connectivity index (χ1v) is 6.64. The van der Waals surface area contributed by atoms with Gasteiger partial charge >= 0.3 is 0 Å². The maximum absolute atomic E-state index is 5.92. The molecule has 16 heavy (non-hydrogen) atoms. The Hall–Kier alpha value is -0.870. The van der Waals surface area contributed by atoms with Crippen molar-refractivity contribution in [2.45, 2.75) is 17.7 Å². The second kappa shape index (κ2) is 4.18. The second-order valence-electron chi connectivity index (χ2n) is 4.22. The van der Waals surface area contributed by atoms with Crippen molar-refractivity contribution >= 4 is 11.8 Å². The Morgan fingerprint density at radius 1 is 1.19 bits per heavy atom. The first kappa shape index (κ1) is 10.3. The maximum atomic E-state index is 5.92. The summed E-state index contributed by atoms with van der Waals surface area (Å²) in [6.07, 6.45) is 1.06. The van der Waals surface area contributed by atoms with Gasteiger partial charge in [-0.05, 0) is 24.1 Å². The molecule has 0 radical (unpaired) electrons. The van der Waals surface area contributed by atoms with E-state index in [2.05, 4.69) is 12.1 Å². The van der Waals surface area contributed by atoms with Gasteiger partial charge in [0.25, 0.3) is 0 Å². The van der Waals surface area contributed by atoms with Crippen LogP contribution in [-0.4, -0.2) is 25.0 Å². The molecule has 2 aliphatic rings. The molecule has 1 fully saturated rings. The van der Waals surface area contributed by atoms with Crippen molar-refractivity contribution in [1.29, 1.82) is 0 Å². The third-order valence-electron chi connectivity index (χ3n) is 2.97. The van der Waals surface area contributed by atoms with Crippen LogP contribution in [0.2, 0.25) is 0 Å². The van der Waals surface area contributed by atoms with Gasteiger partial charge in [-0.1, -0.05) is 6.07 Å². The van der Waals surface area contributed by atoms with Crippen LogP contribution in [0.25, 0.3) is 0 Å². The summed E-state index contributed by atoms with van der Waals surface area (Å²) in [7, 11) is 0. The summed E-state index contributed by atoms with van der Waals surface area (Å²) in [5, 5.41) is 0.519. The molecule has 4 heteroatoms. The van der Waals surface area contributed by atoms with Gasteiger partial charge < -0.3 is 15.2 Å². The highest BCUT2D eigenvalue weighted by Gasteiger charge is 2.25. The lowest BCUT2D eigenvalue weighted by molar-refractivity contribution is 0.171. The van der Waals surface area contributed by atoms with Gasteiger partial charge in [0.15, 0.2) is 11.5 Å². The summed E-state index contributed by atoms with van der Waals surface area (Å²) in [4.78, 5) is 0. The topological polar surface area (TPSA) is 44.5 Å². The smallest absolute Gasteiger partial charge is 0.161 e. The molecule has 1 saturated heterocycles. The molecule has 0 amide bonds. The molecular weight excluding hydrogens is 222 g/mol. The Bertz CT molecular complexity index is 397. The molecule has 1 aromatic rings. The van der Waals surface area contributed by atoms with Crippen molar-refractivity contribution < 1.29 is 9.47 Å². The van der Waals surface area contributed by atoms with Crippen LogP contribution in [-0.2, 0) is 0 Å². The Labute approximate surface area is 99.3 Å². The molecule has 2 N–H and O–H groups in total. The highest BCUT2D eigenvalue weighted by Crippen LogP contribution is 2.42. The third kappa shape index (κ3) is 1.87. The van der Waals surface area contributed by atoms with E-state index in [4.69, 9.17) is 15.2 Å². The summed E-state index contributed by atoms with van der Waals surface area (Å²) in [6, 6.07) is 6.57. The number of ether oxygens (including phenoxy) is 2. The van der Waals surface area contributed by atoms with Crippen LogP contribution in [0, 0.1) is 0 Å². The molecule has 0 aliphatic carbocycles. The number of rotatable bonds is 1. The van der Waals surface area contributed by atoms with Crippen LogP contribution in [0.4, 0.5) is 0 Å². The number of fused-ring (bicyclic) bond motifs is 1. The minimum absolute atomic E-state index is 0.336. The van der Waals surface area contributed by atoms with Crippen LogP contribution >= 0.6 is 11.8 Å². The van der Waals surface area contributed by atoms with Gasteiger partial charge in [-0.25, -0.2) is 0 Å². The average molecular weight is 237 g/mol. The quantitative estimate of drug-likeness (QED) is 0.811. The summed E-state index contributed by atoms with van der Waals surface area (Å²) in [5.74, 6) is 2.80. The number of benzene rings is 1. The van der Waals surface area contributed by atoms with Crippen LogP contribution in [0.3, 0.4) is 0 Å². The van der Waals surface area contributed by atoms with Crippen LogP contribution in [0.15, 0.2) is 18.2 Å². The van der Waals surface area contributed by atoms with E-state index in [0.717, 1.165) is 23.7 Å². The number of thioether (sulfide) groups is 1. The fourth-order valence-electron chi connectivity index (χ4n) is 2.14. The first-order valence-electron chi connectivity index (χ1n) is 5.59. The van der Waals surface area contributed by atoms with Crippen molar-refractivity contribution in [3.05, 3.63) is 23.8 Å².